The Bertz CT molecular complexity index is 604. The van der Waals surface area contributed by atoms with Gasteiger partial charge in [0.1, 0.15) is 0 Å². The van der Waals surface area contributed by atoms with Gasteiger partial charge in [-0.15, -0.1) is 0 Å². The van der Waals surface area contributed by atoms with Crippen LogP contribution in [-0.4, -0.2) is 83.1 Å². The first-order valence-corrected chi connectivity index (χ1v) is 9.72. The lowest BCUT2D eigenvalue weighted by atomic mass is 9.92. The molecule has 2 aliphatic heterocycles. The minimum Gasteiger partial charge on any atom is -0.396 e. The van der Waals surface area contributed by atoms with Gasteiger partial charge in [-0.25, -0.2) is 0 Å². The van der Waals surface area contributed by atoms with Gasteiger partial charge < -0.3 is 14.7 Å². The molecular weight excluding hydrogens is 332 g/mol. The fourth-order valence-corrected chi connectivity index (χ4v) is 4.05. The van der Waals surface area contributed by atoms with Crippen molar-refractivity contribution in [3.05, 3.63) is 17.5 Å². The fourth-order valence-electron chi connectivity index (χ4n) is 4.05. The van der Waals surface area contributed by atoms with E-state index in [1.54, 1.807) is 7.11 Å². The van der Waals surface area contributed by atoms with Gasteiger partial charge >= 0.3 is 0 Å². The van der Waals surface area contributed by atoms with E-state index in [0.29, 0.717) is 30.7 Å². The second kappa shape index (κ2) is 8.50. The van der Waals surface area contributed by atoms with Crippen molar-refractivity contribution in [1.29, 1.82) is 0 Å². The van der Waals surface area contributed by atoms with E-state index in [4.69, 9.17) is 9.84 Å². The van der Waals surface area contributed by atoms with Crippen LogP contribution in [0, 0.1) is 12.8 Å². The van der Waals surface area contributed by atoms with Gasteiger partial charge in [0.25, 0.3) is 5.91 Å². The van der Waals surface area contributed by atoms with Crippen molar-refractivity contribution in [3.8, 4) is 0 Å². The van der Waals surface area contributed by atoms with Gasteiger partial charge in [0, 0.05) is 39.0 Å². The van der Waals surface area contributed by atoms with Gasteiger partial charge in [-0.05, 0) is 52.1 Å². The molecule has 1 unspecified atom stereocenters. The van der Waals surface area contributed by atoms with E-state index in [0.717, 1.165) is 51.1 Å². The van der Waals surface area contributed by atoms with Crippen LogP contribution in [0.2, 0.25) is 0 Å². The summed E-state index contributed by atoms with van der Waals surface area (Å²) in [5.41, 5.74) is 1.49. The van der Waals surface area contributed by atoms with Gasteiger partial charge in [0.2, 0.25) is 0 Å². The standard InChI is InChI=1S/C19H32N4O3/c1-14(13-26-3)23-12-18(15(2)20-23)19(25)22-10-17(11-22)21-7-4-16(5-8-21)6-9-24/h12,14,16-17,24H,4-11,13H2,1-3H3. The molecule has 146 valence electrons. The summed E-state index contributed by atoms with van der Waals surface area (Å²) in [4.78, 5) is 17.2. The van der Waals surface area contributed by atoms with E-state index in [-0.39, 0.29) is 11.9 Å². The number of hydrogen-bond acceptors (Lipinski definition) is 5. The first-order valence-electron chi connectivity index (χ1n) is 9.72. The Morgan fingerprint density at radius 2 is 2.08 bits per heavy atom. The zero-order valence-electron chi connectivity index (χ0n) is 16.2. The van der Waals surface area contributed by atoms with E-state index in [1.807, 2.05) is 29.6 Å². The van der Waals surface area contributed by atoms with Crippen LogP contribution in [0.25, 0.3) is 0 Å². The number of nitrogens with zero attached hydrogens (tertiary/aromatic N) is 4. The topological polar surface area (TPSA) is 70.8 Å². The minimum atomic E-state index is 0.0878. The molecule has 2 saturated heterocycles. The molecule has 1 N–H and O–H groups in total. The number of carbonyl (C=O) groups excluding carboxylic acids is 1. The predicted octanol–water partition coefficient (Wildman–Crippen LogP) is 1.32. The third-order valence-corrected chi connectivity index (χ3v) is 5.86. The van der Waals surface area contributed by atoms with Crippen LogP contribution in [-0.2, 0) is 4.74 Å². The quantitative estimate of drug-likeness (QED) is 0.790. The van der Waals surface area contributed by atoms with Crippen LogP contribution in [0.3, 0.4) is 0 Å². The molecule has 0 aromatic carbocycles. The summed E-state index contributed by atoms with van der Waals surface area (Å²) in [7, 11) is 1.67. The number of rotatable bonds is 7. The molecule has 1 aromatic heterocycles. The Kier molecular flexibility index (Phi) is 6.32. The Morgan fingerprint density at radius 1 is 1.38 bits per heavy atom. The number of aliphatic hydroxyl groups is 1. The van der Waals surface area contributed by atoms with Crippen LogP contribution in [0.1, 0.15) is 48.3 Å². The van der Waals surface area contributed by atoms with Gasteiger partial charge in [0.05, 0.1) is 23.9 Å². The molecule has 3 rings (SSSR count). The first kappa shape index (κ1) is 19.3. The highest BCUT2D eigenvalue weighted by atomic mass is 16.5. The summed E-state index contributed by atoms with van der Waals surface area (Å²) in [6, 6.07) is 0.599. The summed E-state index contributed by atoms with van der Waals surface area (Å²) in [5, 5.41) is 13.6. The zero-order chi connectivity index (χ0) is 18.7. The molecule has 1 amide bonds. The molecule has 1 atom stereocenters. The lowest BCUT2D eigenvalue weighted by molar-refractivity contribution is 0.0128. The largest absolute Gasteiger partial charge is 0.396 e. The molecule has 1 aromatic rings. The number of piperidine rings is 1. The Balaban J connectivity index is 1.51. The molecule has 26 heavy (non-hydrogen) atoms. The number of hydrogen-bond donors (Lipinski definition) is 1. The van der Waals surface area contributed by atoms with E-state index in [2.05, 4.69) is 10.00 Å². The maximum absolute atomic E-state index is 12.8. The lowest BCUT2D eigenvalue weighted by Gasteiger charge is -2.47. The predicted molar refractivity (Wildman–Crippen MR) is 99.2 cm³/mol. The number of amides is 1. The maximum Gasteiger partial charge on any atom is 0.257 e. The van der Waals surface area contributed by atoms with E-state index in [1.165, 1.54) is 0 Å². The smallest absolute Gasteiger partial charge is 0.257 e. The molecular formula is C19H32N4O3. The molecule has 0 aliphatic carbocycles. The highest BCUT2D eigenvalue weighted by molar-refractivity contribution is 5.95. The highest BCUT2D eigenvalue weighted by Crippen LogP contribution is 2.26. The average Bonchev–Trinajstić information content (AvgIpc) is 2.97. The summed E-state index contributed by atoms with van der Waals surface area (Å²) in [6.07, 6.45) is 5.10. The molecule has 0 radical (unpaired) electrons. The summed E-state index contributed by atoms with van der Waals surface area (Å²) < 4.78 is 7.00. The Morgan fingerprint density at radius 3 is 2.69 bits per heavy atom. The van der Waals surface area contributed by atoms with Crippen LogP contribution < -0.4 is 0 Å². The maximum atomic E-state index is 12.8. The molecule has 2 aliphatic rings. The monoisotopic (exact) mass is 364 g/mol. The molecule has 0 saturated carbocycles. The van der Waals surface area contributed by atoms with Crippen LogP contribution in [0.4, 0.5) is 0 Å². The molecule has 7 nitrogen and oxygen atoms in total. The zero-order valence-corrected chi connectivity index (χ0v) is 16.2. The van der Waals surface area contributed by atoms with Crippen LogP contribution >= 0.6 is 0 Å². The average molecular weight is 364 g/mol. The molecule has 2 fully saturated rings. The van der Waals surface area contributed by atoms with Crippen molar-refractivity contribution >= 4 is 5.91 Å². The second-order valence-electron chi connectivity index (χ2n) is 7.77. The van der Waals surface area contributed by atoms with Gasteiger partial charge in [-0.3, -0.25) is 14.4 Å². The van der Waals surface area contributed by atoms with Gasteiger partial charge in [-0.2, -0.15) is 5.10 Å². The normalized spacial score (nSPS) is 21.0. The van der Waals surface area contributed by atoms with Gasteiger partial charge in [0.15, 0.2) is 0 Å². The van der Waals surface area contributed by atoms with Crippen LogP contribution in [0.15, 0.2) is 6.20 Å². The minimum absolute atomic E-state index is 0.0878. The van der Waals surface area contributed by atoms with Crippen molar-refractivity contribution in [2.24, 2.45) is 5.92 Å². The second-order valence-corrected chi connectivity index (χ2v) is 7.77. The van der Waals surface area contributed by atoms with Crippen LogP contribution in [0.5, 0.6) is 0 Å². The first-order chi connectivity index (χ1) is 12.5. The molecule has 3 heterocycles. The number of aliphatic hydroxyl groups excluding tert-OH is 1. The molecule has 0 spiro atoms. The Hall–Kier alpha value is -1.44. The summed E-state index contributed by atoms with van der Waals surface area (Å²) >= 11 is 0. The number of carbonyl (C=O) groups is 1. The SMILES string of the molecule is COCC(C)n1cc(C(=O)N2CC(N3CCC(CCO)CC3)C2)c(C)n1. The number of aromatic nitrogens is 2. The highest BCUT2D eigenvalue weighted by Gasteiger charge is 2.37. The third-order valence-electron chi connectivity index (χ3n) is 5.86. The third kappa shape index (κ3) is 4.10. The lowest BCUT2D eigenvalue weighted by Crippen LogP contribution is -2.62. The molecule has 7 heteroatoms. The number of aryl methyl sites for hydroxylation is 1. The summed E-state index contributed by atoms with van der Waals surface area (Å²) in [5.74, 6) is 0.751. The van der Waals surface area contributed by atoms with Gasteiger partial charge in [-0.1, -0.05) is 0 Å². The van der Waals surface area contributed by atoms with Crippen molar-refractivity contribution in [1.82, 2.24) is 19.6 Å². The molecule has 0 bridgehead atoms. The van der Waals surface area contributed by atoms with E-state index < -0.39 is 0 Å². The van der Waals surface area contributed by atoms with Crippen molar-refractivity contribution in [2.75, 3.05) is 46.5 Å². The Labute approximate surface area is 155 Å². The van der Waals surface area contributed by atoms with Crippen molar-refractivity contribution < 1.29 is 14.6 Å². The fraction of sp³-hybridized carbons (Fsp3) is 0.789. The number of methoxy groups -OCH3 is 1. The van der Waals surface area contributed by atoms with Crippen molar-refractivity contribution in [2.45, 2.75) is 45.2 Å². The number of likely N-dealkylation sites (tertiary alicyclic amines) is 2. The van der Waals surface area contributed by atoms with E-state index >= 15 is 0 Å². The van der Waals surface area contributed by atoms with Crippen molar-refractivity contribution in [3.63, 3.8) is 0 Å². The number of ether oxygens (including phenoxy) is 1. The van der Waals surface area contributed by atoms with E-state index in [9.17, 15) is 4.79 Å². The summed E-state index contributed by atoms with van der Waals surface area (Å²) in [6.45, 7) is 8.59.